The van der Waals surface area contributed by atoms with E-state index in [1.807, 2.05) is 19.2 Å². The summed E-state index contributed by atoms with van der Waals surface area (Å²) in [5, 5.41) is 20.9. The lowest BCUT2D eigenvalue weighted by Crippen LogP contribution is -2.42. The molecule has 0 atom stereocenters. The second kappa shape index (κ2) is 16.6. The summed E-state index contributed by atoms with van der Waals surface area (Å²) in [6, 6.07) is 10.9. The van der Waals surface area contributed by atoms with E-state index in [-0.39, 0.29) is 16.5 Å². The number of rotatable bonds is 6. The first kappa shape index (κ1) is 34.4. The maximum Gasteiger partial charge on any atom is 0.287 e. The summed E-state index contributed by atoms with van der Waals surface area (Å²) in [5.41, 5.74) is 6.34. The van der Waals surface area contributed by atoms with Crippen molar-refractivity contribution in [2.24, 2.45) is 0 Å². The molecule has 0 unspecified atom stereocenters. The van der Waals surface area contributed by atoms with Crippen molar-refractivity contribution in [1.29, 1.82) is 0 Å². The largest absolute Gasteiger partial charge is 0.397 e. The second-order valence-corrected chi connectivity index (χ2v) is 11.4. The number of nitrogen functional groups attached to an aromatic ring is 1. The van der Waals surface area contributed by atoms with Gasteiger partial charge >= 0.3 is 0 Å². The van der Waals surface area contributed by atoms with Crippen molar-refractivity contribution in [3.05, 3.63) is 80.4 Å². The van der Waals surface area contributed by atoms with Gasteiger partial charge in [-0.3, -0.25) is 20.2 Å². The van der Waals surface area contributed by atoms with E-state index in [4.69, 9.17) is 17.3 Å². The number of pyridine rings is 3. The summed E-state index contributed by atoms with van der Waals surface area (Å²) in [7, 11) is 8.43. The zero-order valence-corrected chi connectivity index (χ0v) is 26.4. The first-order valence-electron chi connectivity index (χ1n) is 14.3. The number of hydrogen-bond donors (Lipinski definition) is 1. The Labute approximate surface area is 262 Å². The monoisotopic (exact) mass is 628 g/mol. The Hall–Kier alpha value is -4.14. The summed E-state index contributed by atoms with van der Waals surface area (Å²) in [6.45, 7) is 4.51. The lowest BCUT2D eigenvalue weighted by Gasteiger charge is -2.35. The van der Waals surface area contributed by atoms with E-state index in [1.54, 1.807) is 12.3 Å². The van der Waals surface area contributed by atoms with Crippen LogP contribution in [0.4, 0.5) is 28.7 Å². The predicted octanol–water partition coefficient (Wildman–Crippen LogP) is 4.36. The van der Waals surface area contributed by atoms with Crippen LogP contribution in [-0.4, -0.2) is 101 Å². The normalized spacial score (nSPS) is 16.1. The van der Waals surface area contributed by atoms with E-state index in [2.05, 4.69) is 55.7 Å². The third-order valence-electron chi connectivity index (χ3n) is 7.83. The maximum atomic E-state index is 10.6. The number of likely N-dealkylation sites (tertiary alicyclic amines) is 2. The van der Waals surface area contributed by atoms with Crippen LogP contribution in [0.5, 0.6) is 0 Å². The molecule has 5 heterocycles. The van der Waals surface area contributed by atoms with Crippen molar-refractivity contribution < 1.29 is 9.85 Å². The Morgan fingerprint density at radius 3 is 1.48 bits per heavy atom. The van der Waals surface area contributed by atoms with Gasteiger partial charge in [-0.1, -0.05) is 11.6 Å². The maximum absolute atomic E-state index is 10.6. The van der Waals surface area contributed by atoms with Gasteiger partial charge < -0.3 is 25.3 Å². The van der Waals surface area contributed by atoms with Gasteiger partial charge in [0.25, 0.3) is 11.4 Å². The minimum atomic E-state index is -0.524. The summed E-state index contributed by atoms with van der Waals surface area (Å²) >= 11 is 5.38. The Balaban J connectivity index is 0.000000188. The van der Waals surface area contributed by atoms with Gasteiger partial charge in [0.05, 0.1) is 21.7 Å². The molecule has 0 saturated carbocycles. The average Bonchev–Trinajstić information content (AvgIpc) is 3.02. The first-order chi connectivity index (χ1) is 20.9. The summed E-state index contributed by atoms with van der Waals surface area (Å²) in [5.74, 6) is 1.82. The van der Waals surface area contributed by atoms with Gasteiger partial charge in [-0.2, -0.15) is 0 Å². The highest BCUT2D eigenvalue weighted by Gasteiger charge is 2.22. The molecule has 0 aliphatic carbocycles. The molecule has 0 spiro atoms. The fraction of sp³-hybridized carbons (Fsp3) is 0.483. The molecule has 0 aromatic carbocycles. The van der Waals surface area contributed by atoms with Gasteiger partial charge in [-0.05, 0) is 90.2 Å². The van der Waals surface area contributed by atoms with Crippen LogP contribution >= 0.6 is 11.6 Å². The summed E-state index contributed by atoms with van der Waals surface area (Å²) in [4.78, 5) is 40.8. The van der Waals surface area contributed by atoms with Crippen LogP contribution in [0.1, 0.15) is 25.7 Å². The summed E-state index contributed by atoms with van der Waals surface area (Å²) < 4.78 is 0. The molecule has 2 fully saturated rings. The topological polar surface area (TPSA) is 164 Å². The van der Waals surface area contributed by atoms with Crippen LogP contribution in [0.25, 0.3) is 0 Å². The number of piperidine rings is 2. The zero-order valence-electron chi connectivity index (χ0n) is 25.6. The fourth-order valence-corrected chi connectivity index (χ4v) is 5.03. The Kier molecular flexibility index (Phi) is 13.0. The molecule has 2 N–H and O–H groups in total. The average molecular weight is 629 g/mol. The van der Waals surface area contributed by atoms with Crippen LogP contribution < -0.4 is 15.5 Å². The van der Waals surface area contributed by atoms with Crippen molar-refractivity contribution in [2.75, 3.05) is 69.9 Å². The van der Waals surface area contributed by atoms with Crippen LogP contribution in [0.2, 0.25) is 5.15 Å². The number of halogens is 1. The third kappa shape index (κ3) is 10.5. The van der Waals surface area contributed by atoms with Gasteiger partial charge in [0.15, 0.2) is 0 Å². The lowest BCUT2D eigenvalue weighted by atomic mass is 10.0. The van der Waals surface area contributed by atoms with E-state index in [0.29, 0.717) is 12.1 Å². The van der Waals surface area contributed by atoms with E-state index in [1.165, 1.54) is 50.3 Å². The smallest absolute Gasteiger partial charge is 0.287 e. The van der Waals surface area contributed by atoms with Crippen LogP contribution in [-0.2, 0) is 0 Å². The van der Waals surface area contributed by atoms with Gasteiger partial charge in [0, 0.05) is 38.3 Å². The quantitative estimate of drug-likeness (QED) is 0.233. The van der Waals surface area contributed by atoms with Gasteiger partial charge in [0.2, 0.25) is 0 Å². The van der Waals surface area contributed by atoms with E-state index >= 15 is 0 Å². The number of nitro groups is 2. The molecular formula is C29H41ClN10O4. The molecule has 15 heteroatoms. The number of nitrogens with two attached hydrogens (primary N) is 1. The molecule has 2 aliphatic rings. The Bertz CT molecular complexity index is 1320. The number of hydrogen-bond acceptors (Lipinski definition) is 12. The first-order valence-corrected chi connectivity index (χ1v) is 14.7. The van der Waals surface area contributed by atoms with Crippen molar-refractivity contribution in [3.63, 3.8) is 0 Å². The highest BCUT2D eigenvalue weighted by molar-refractivity contribution is 6.29. The molecule has 14 nitrogen and oxygen atoms in total. The minimum absolute atomic E-state index is 0.0375. The molecule has 0 bridgehead atoms. The zero-order chi connectivity index (χ0) is 32.2. The third-order valence-corrected chi connectivity index (χ3v) is 8.05. The molecule has 5 rings (SSSR count). The van der Waals surface area contributed by atoms with E-state index in [9.17, 15) is 20.2 Å². The molecule has 3 aromatic heterocycles. The SMILES string of the molecule is CN1CCC(N(C)c2ccc(N)cn2)CC1.CN1CCC(N(C)c2ccc([N+](=O)[O-])cn2)CC1.O=[N+]([O-])c1ccc(Cl)nc1. The molecule has 238 valence electrons. The van der Waals surface area contributed by atoms with E-state index in [0.717, 1.165) is 49.5 Å². The standard InChI is InChI=1S/C12H18N4O2.C12H20N4.C5H3ClN2O2/c1-14-7-5-10(6-8-14)15(2)12-4-3-11(9-13-12)16(17)18;1-15-7-5-11(6-8-15)16(2)12-4-3-10(13)9-14-12;6-5-2-1-4(3-7-5)8(9)10/h3-4,9-10H,5-8H2,1-2H3;3-4,9,11H,5-8,13H2,1-2H3;1-3H. The number of nitrogens with zero attached hydrogens (tertiary/aromatic N) is 9. The van der Waals surface area contributed by atoms with Crippen LogP contribution in [0, 0.1) is 20.2 Å². The molecule has 0 amide bonds. The molecule has 2 aliphatic heterocycles. The lowest BCUT2D eigenvalue weighted by molar-refractivity contribution is -0.385. The summed E-state index contributed by atoms with van der Waals surface area (Å²) in [6.07, 6.45) is 8.78. The molecule has 2 saturated heterocycles. The Morgan fingerprint density at radius 1 is 0.727 bits per heavy atom. The van der Waals surface area contributed by atoms with Crippen molar-refractivity contribution in [2.45, 2.75) is 37.8 Å². The van der Waals surface area contributed by atoms with Gasteiger partial charge in [-0.25, -0.2) is 15.0 Å². The number of anilines is 3. The predicted molar refractivity (Wildman–Crippen MR) is 173 cm³/mol. The van der Waals surface area contributed by atoms with Gasteiger partial charge in [-0.15, -0.1) is 0 Å². The van der Waals surface area contributed by atoms with Crippen molar-refractivity contribution >= 4 is 40.3 Å². The highest BCUT2D eigenvalue weighted by atomic mass is 35.5. The van der Waals surface area contributed by atoms with Crippen molar-refractivity contribution in [1.82, 2.24) is 24.8 Å². The molecular weight excluding hydrogens is 588 g/mol. The minimum Gasteiger partial charge on any atom is -0.397 e. The van der Waals surface area contributed by atoms with Gasteiger partial charge in [0.1, 0.15) is 29.2 Å². The second-order valence-electron chi connectivity index (χ2n) is 11.0. The van der Waals surface area contributed by atoms with Crippen molar-refractivity contribution in [3.8, 4) is 0 Å². The van der Waals surface area contributed by atoms with Crippen LogP contribution in [0.15, 0.2) is 55.0 Å². The highest BCUT2D eigenvalue weighted by Crippen LogP contribution is 2.22. The molecule has 0 radical (unpaired) electrons. The van der Waals surface area contributed by atoms with E-state index < -0.39 is 9.85 Å². The fourth-order valence-electron chi connectivity index (χ4n) is 4.92. The molecule has 44 heavy (non-hydrogen) atoms. The Morgan fingerprint density at radius 2 is 1.14 bits per heavy atom. The van der Waals surface area contributed by atoms with Crippen LogP contribution in [0.3, 0.4) is 0 Å². The molecule has 3 aromatic rings. The number of aromatic nitrogens is 3.